The highest BCUT2D eigenvalue weighted by Crippen LogP contribution is 2.17. The molecule has 0 saturated carbocycles. The first-order chi connectivity index (χ1) is 11.1. The van der Waals surface area contributed by atoms with Gasteiger partial charge in [0.1, 0.15) is 0 Å². The first kappa shape index (κ1) is 17.8. The van der Waals surface area contributed by atoms with Crippen molar-refractivity contribution in [1.82, 2.24) is 14.7 Å². The van der Waals surface area contributed by atoms with E-state index in [9.17, 15) is 9.59 Å². The number of likely N-dealkylation sites (tertiary alicyclic amines) is 1. The van der Waals surface area contributed by atoms with Crippen LogP contribution in [0.5, 0.6) is 0 Å². The summed E-state index contributed by atoms with van der Waals surface area (Å²) in [7, 11) is 0. The number of morpholine rings is 1. The maximum atomic E-state index is 12.4. The van der Waals surface area contributed by atoms with Crippen molar-refractivity contribution in [1.29, 1.82) is 0 Å². The summed E-state index contributed by atoms with van der Waals surface area (Å²) in [6.07, 6.45) is 1.67. The summed E-state index contributed by atoms with van der Waals surface area (Å²) in [5.74, 6) is 5.41. The average Bonchev–Trinajstić information content (AvgIpc) is 2.56. The third-order valence-corrected chi connectivity index (χ3v) is 4.60. The molecule has 128 valence electrons. The summed E-state index contributed by atoms with van der Waals surface area (Å²) in [4.78, 5) is 29.9. The van der Waals surface area contributed by atoms with Gasteiger partial charge in [-0.25, -0.2) is 0 Å². The Kier molecular flexibility index (Phi) is 6.87. The van der Waals surface area contributed by atoms with Gasteiger partial charge in [-0.2, -0.15) is 0 Å². The molecular weight excluding hydrogens is 294 g/mol. The van der Waals surface area contributed by atoms with Crippen LogP contribution in [0.2, 0.25) is 0 Å². The fourth-order valence-corrected chi connectivity index (χ4v) is 3.20. The molecule has 2 aliphatic rings. The average molecular weight is 321 g/mol. The van der Waals surface area contributed by atoms with E-state index in [1.54, 1.807) is 13.8 Å². The molecular formula is C17H27N3O3. The number of hydrogen-bond donors (Lipinski definition) is 0. The highest BCUT2D eigenvalue weighted by Gasteiger charge is 2.28. The molecule has 23 heavy (non-hydrogen) atoms. The zero-order valence-electron chi connectivity index (χ0n) is 14.2. The van der Waals surface area contributed by atoms with Crippen molar-refractivity contribution < 1.29 is 14.3 Å². The fourth-order valence-electron chi connectivity index (χ4n) is 3.20. The Morgan fingerprint density at radius 3 is 2.39 bits per heavy atom. The summed E-state index contributed by atoms with van der Waals surface area (Å²) in [6.45, 7) is 9.65. The molecule has 6 heteroatoms. The van der Waals surface area contributed by atoms with Gasteiger partial charge in [0, 0.05) is 52.2 Å². The molecule has 0 aromatic heterocycles. The molecule has 2 aliphatic heterocycles. The Morgan fingerprint density at radius 2 is 1.83 bits per heavy atom. The lowest BCUT2D eigenvalue weighted by molar-refractivity contribution is -0.132. The van der Waals surface area contributed by atoms with Crippen molar-refractivity contribution in [2.24, 2.45) is 0 Å². The molecule has 0 bridgehead atoms. The largest absolute Gasteiger partial charge is 0.379 e. The van der Waals surface area contributed by atoms with Crippen LogP contribution in [0.15, 0.2) is 0 Å². The van der Waals surface area contributed by atoms with Gasteiger partial charge in [0.15, 0.2) is 0 Å². The third-order valence-electron chi connectivity index (χ3n) is 4.60. The van der Waals surface area contributed by atoms with E-state index in [0.29, 0.717) is 6.54 Å². The molecule has 0 aliphatic carbocycles. The predicted molar refractivity (Wildman–Crippen MR) is 87.7 cm³/mol. The van der Waals surface area contributed by atoms with Crippen LogP contribution in [0.3, 0.4) is 0 Å². The first-order valence-corrected chi connectivity index (χ1v) is 8.40. The molecule has 0 unspecified atom stereocenters. The van der Waals surface area contributed by atoms with E-state index in [-0.39, 0.29) is 17.9 Å². The van der Waals surface area contributed by atoms with Crippen LogP contribution in [0.4, 0.5) is 0 Å². The van der Waals surface area contributed by atoms with Crippen molar-refractivity contribution in [3.8, 4) is 11.8 Å². The SMILES string of the molecule is CC#CC(=O)N(CCN1CCOCC1)C1CCN(C(C)=O)CC1. The molecule has 0 spiro atoms. The number of carbonyl (C=O) groups excluding carboxylic acids is 2. The van der Waals surface area contributed by atoms with E-state index in [2.05, 4.69) is 16.7 Å². The standard InChI is InChI=1S/C17H27N3O3/c1-3-4-17(22)20(10-9-18-11-13-23-14-12-18)16-5-7-19(8-6-16)15(2)21/h16H,5-14H2,1-2H3. The van der Waals surface area contributed by atoms with E-state index in [1.807, 2.05) is 9.80 Å². The summed E-state index contributed by atoms with van der Waals surface area (Å²) in [5, 5.41) is 0. The van der Waals surface area contributed by atoms with Gasteiger partial charge in [0.05, 0.1) is 13.2 Å². The molecule has 0 N–H and O–H groups in total. The Bertz CT molecular complexity index is 469. The Morgan fingerprint density at radius 1 is 1.17 bits per heavy atom. The molecule has 0 atom stereocenters. The molecule has 2 saturated heterocycles. The lowest BCUT2D eigenvalue weighted by Gasteiger charge is -2.38. The second kappa shape index (κ2) is 8.90. The monoisotopic (exact) mass is 321 g/mol. The number of hydrogen-bond acceptors (Lipinski definition) is 4. The van der Waals surface area contributed by atoms with E-state index >= 15 is 0 Å². The van der Waals surface area contributed by atoms with Crippen LogP contribution in [0, 0.1) is 11.8 Å². The van der Waals surface area contributed by atoms with Crippen LogP contribution < -0.4 is 0 Å². The zero-order valence-corrected chi connectivity index (χ0v) is 14.2. The van der Waals surface area contributed by atoms with Gasteiger partial charge in [-0.3, -0.25) is 14.5 Å². The summed E-state index contributed by atoms with van der Waals surface area (Å²) in [5.41, 5.74) is 0. The second-order valence-corrected chi connectivity index (χ2v) is 6.06. The number of rotatable bonds is 4. The van der Waals surface area contributed by atoms with Gasteiger partial charge in [0.2, 0.25) is 5.91 Å². The van der Waals surface area contributed by atoms with E-state index in [0.717, 1.165) is 58.8 Å². The molecule has 2 amide bonds. The van der Waals surface area contributed by atoms with Crippen molar-refractivity contribution in [2.75, 3.05) is 52.5 Å². The quantitative estimate of drug-likeness (QED) is 0.693. The second-order valence-electron chi connectivity index (χ2n) is 6.06. The minimum atomic E-state index is -0.0953. The van der Waals surface area contributed by atoms with Gasteiger partial charge in [-0.05, 0) is 25.7 Å². The van der Waals surface area contributed by atoms with Gasteiger partial charge in [-0.15, -0.1) is 0 Å². The van der Waals surface area contributed by atoms with Crippen LogP contribution in [0.1, 0.15) is 26.7 Å². The lowest BCUT2D eigenvalue weighted by atomic mass is 10.0. The molecule has 2 heterocycles. The molecule has 0 aromatic rings. The lowest BCUT2D eigenvalue weighted by Crippen LogP contribution is -2.51. The first-order valence-electron chi connectivity index (χ1n) is 8.40. The maximum absolute atomic E-state index is 12.4. The Balaban J connectivity index is 1.92. The van der Waals surface area contributed by atoms with Gasteiger partial charge in [0.25, 0.3) is 5.91 Å². The van der Waals surface area contributed by atoms with E-state index in [4.69, 9.17) is 4.74 Å². The smallest absolute Gasteiger partial charge is 0.298 e. The van der Waals surface area contributed by atoms with E-state index in [1.165, 1.54) is 0 Å². The van der Waals surface area contributed by atoms with Crippen LogP contribution >= 0.6 is 0 Å². The number of carbonyl (C=O) groups is 2. The Hall–Kier alpha value is -1.58. The minimum absolute atomic E-state index is 0.0953. The normalized spacial score (nSPS) is 19.8. The Labute approximate surface area is 138 Å². The number of piperidine rings is 1. The van der Waals surface area contributed by atoms with Gasteiger partial charge >= 0.3 is 0 Å². The number of nitrogens with zero attached hydrogens (tertiary/aromatic N) is 3. The highest BCUT2D eigenvalue weighted by atomic mass is 16.5. The fraction of sp³-hybridized carbons (Fsp3) is 0.765. The van der Waals surface area contributed by atoms with E-state index < -0.39 is 0 Å². The highest BCUT2D eigenvalue weighted by molar-refractivity contribution is 5.93. The maximum Gasteiger partial charge on any atom is 0.298 e. The van der Waals surface area contributed by atoms with Gasteiger partial charge in [-0.1, -0.05) is 5.92 Å². The van der Waals surface area contributed by atoms with Crippen LogP contribution in [-0.4, -0.2) is 85.0 Å². The number of amides is 2. The van der Waals surface area contributed by atoms with Crippen molar-refractivity contribution >= 4 is 11.8 Å². The molecule has 0 radical (unpaired) electrons. The van der Waals surface area contributed by atoms with Crippen molar-refractivity contribution in [2.45, 2.75) is 32.7 Å². The van der Waals surface area contributed by atoms with Crippen LogP contribution in [-0.2, 0) is 14.3 Å². The zero-order chi connectivity index (χ0) is 16.7. The van der Waals surface area contributed by atoms with Gasteiger partial charge < -0.3 is 14.5 Å². The van der Waals surface area contributed by atoms with Crippen molar-refractivity contribution in [3.05, 3.63) is 0 Å². The molecule has 2 rings (SSSR count). The predicted octanol–water partition coefficient (Wildman–Crippen LogP) is 0.181. The number of ether oxygens (including phenoxy) is 1. The summed E-state index contributed by atoms with van der Waals surface area (Å²) >= 11 is 0. The van der Waals surface area contributed by atoms with Crippen molar-refractivity contribution in [3.63, 3.8) is 0 Å². The van der Waals surface area contributed by atoms with Crippen LogP contribution in [0.25, 0.3) is 0 Å². The topological polar surface area (TPSA) is 53.1 Å². The summed E-state index contributed by atoms with van der Waals surface area (Å²) < 4.78 is 5.36. The third kappa shape index (κ3) is 5.22. The molecule has 0 aromatic carbocycles. The molecule has 6 nitrogen and oxygen atoms in total. The minimum Gasteiger partial charge on any atom is -0.379 e. The summed E-state index contributed by atoms with van der Waals surface area (Å²) in [6, 6.07) is 0.181. The molecule has 2 fully saturated rings.